The van der Waals surface area contributed by atoms with Gasteiger partial charge < -0.3 is 9.73 Å². The minimum absolute atomic E-state index is 0.0805. The van der Waals surface area contributed by atoms with Crippen molar-refractivity contribution in [3.8, 4) is 11.5 Å². The van der Waals surface area contributed by atoms with Crippen LogP contribution in [0.15, 0.2) is 27.1 Å². The summed E-state index contributed by atoms with van der Waals surface area (Å²) in [4.78, 5) is 0. The zero-order chi connectivity index (χ0) is 13.8. The summed E-state index contributed by atoms with van der Waals surface area (Å²) < 4.78 is 6.80. The quantitative estimate of drug-likeness (QED) is 0.907. The number of hydrogen-bond donors (Lipinski definition) is 1. The molecule has 0 bridgehead atoms. The van der Waals surface area contributed by atoms with E-state index in [-0.39, 0.29) is 6.04 Å². The van der Waals surface area contributed by atoms with Crippen LogP contribution in [-0.2, 0) is 0 Å². The topological polar surface area (TPSA) is 51.0 Å². The van der Waals surface area contributed by atoms with Gasteiger partial charge in [-0.25, -0.2) is 0 Å². The molecule has 1 heterocycles. The summed E-state index contributed by atoms with van der Waals surface area (Å²) in [7, 11) is 0. The molecule has 0 radical (unpaired) electrons. The van der Waals surface area contributed by atoms with Crippen LogP contribution in [0.3, 0.4) is 0 Å². The van der Waals surface area contributed by atoms with Gasteiger partial charge >= 0.3 is 0 Å². The molecule has 5 heteroatoms. The Morgan fingerprint density at radius 2 is 2.16 bits per heavy atom. The normalized spacial score (nSPS) is 12.6. The highest BCUT2D eigenvalue weighted by Gasteiger charge is 2.15. The Morgan fingerprint density at radius 1 is 1.37 bits per heavy atom. The van der Waals surface area contributed by atoms with Crippen LogP contribution in [0.1, 0.15) is 37.8 Å². The molecule has 0 aliphatic carbocycles. The van der Waals surface area contributed by atoms with Gasteiger partial charge in [0.05, 0.1) is 6.04 Å². The predicted octanol–water partition coefficient (Wildman–Crippen LogP) is 3.87. The molecule has 0 saturated carbocycles. The highest BCUT2D eigenvalue weighted by atomic mass is 79.9. The van der Waals surface area contributed by atoms with Gasteiger partial charge in [-0.1, -0.05) is 22.9 Å². The summed E-state index contributed by atoms with van der Waals surface area (Å²) in [6, 6.07) is 6.08. The van der Waals surface area contributed by atoms with E-state index >= 15 is 0 Å². The van der Waals surface area contributed by atoms with E-state index in [9.17, 15) is 0 Å². The lowest BCUT2D eigenvalue weighted by atomic mass is 10.1. The van der Waals surface area contributed by atoms with Crippen molar-refractivity contribution in [2.24, 2.45) is 0 Å². The summed E-state index contributed by atoms with van der Waals surface area (Å²) >= 11 is 3.45. The predicted molar refractivity (Wildman–Crippen MR) is 78.9 cm³/mol. The SMILES string of the molecule is CCCNC(C)c1nnc(-c2ccc(Br)cc2C)o1. The highest BCUT2D eigenvalue weighted by molar-refractivity contribution is 9.10. The van der Waals surface area contributed by atoms with Crippen LogP contribution >= 0.6 is 15.9 Å². The minimum Gasteiger partial charge on any atom is -0.419 e. The van der Waals surface area contributed by atoms with Crippen molar-refractivity contribution in [2.45, 2.75) is 33.2 Å². The van der Waals surface area contributed by atoms with Gasteiger partial charge in [0.2, 0.25) is 11.8 Å². The lowest BCUT2D eigenvalue weighted by Gasteiger charge is -2.07. The van der Waals surface area contributed by atoms with E-state index < -0.39 is 0 Å². The van der Waals surface area contributed by atoms with Crippen LogP contribution in [-0.4, -0.2) is 16.7 Å². The van der Waals surface area contributed by atoms with Gasteiger partial charge in [-0.3, -0.25) is 0 Å². The van der Waals surface area contributed by atoms with Gasteiger partial charge in [0.1, 0.15) is 0 Å². The molecule has 0 aliphatic rings. The lowest BCUT2D eigenvalue weighted by molar-refractivity contribution is 0.423. The summed E-state index contributed by atoms with van der Waals surface area (Å²) in [5.41, 5.74) is 2.09. The fraction of sp³-hybridized carbons (Fsp3) is 0.429. The molecule has 0 amide bonds. The maximum Gasteiger partial charge on any atom is 0.248 e. The Balaban J connectivity index is 2.20. The lowest BCUT2D eigenvalue weighted by Crippen LogP contribution is -2.19. The second kappa shape index (κ2) is 6.30. The molecule has 1 atom stereocenters. The number of aromatic nitrogens is 2. The Kier molecular flexibility index (Phi) is 4.71. The number of aryl methyl sites for hydroxylation is 1. The second-order valence-corrected chi connectivity index (χ2v) is 5.50. The molecule has 1 unspecified atom stereocenters. The van der Waals surface area contributed by atoms with Crippen LogP contribution in [0.25, 0.3) is 11.5 Å². The van der Waals surface area contributed by atoms with Crippen molar-refractivity contribution in [3.63, 3.8) is 0 Å². The van der Waals surface area contributed by atoms with Crippen molar-refractivity contribution in [2.75, 3.05) is 6.54 Å². The highest BCUT2D eigenvalue weighted by Crippen LogP contribution is 2.26. The molecular formula is C14H18BrN3O. The summed E-state index contributed by atoms with van der Waals surface area (Å²) in [5.74, 6) is 1.20. The van der Waals surface area contributed by atoms with E-state index in [0.29, 0.717) is 11.8 Å². The van der Waals surface area contributed by atoms with Gasteiger partial charge in [0.25, 0.3) is 0 Å². The van der Waals surface area contributed by atoms with Crippen molar-refractivity contribution < 1.29 is 4.42 Å². The molecule has 0 saturated heterocycles. The van der Waals surface area contributed by atoms with Gasteiger partial charge in [0, 0.05) is 10.0 Å². The molecule has 19 heavy (non-hydrogen) atoms. The number of rotatable bonds is 5. The maximum absolute atomic E-state index is 5.75. The molecule has 1 N–H and O–H groups in total. The number of benzene rings is 1. The molecule has 1 aromatic heterocycles. The molecule has 0 aliphatic heterocycles. The second-order valence-electron chi connectivity index (χ2n) is 4.58. The fourth-order valence-electron chi connectivity index (χ4n) is 1.83. The molecule has 2 aromatic rings. The minimum atomic E-state index is 0.0805. The molecular weight excluding hydrogens is 306 g/mol. The van der Waals surface area contributed by atoms with Crippen molar-refractivity contribution in [3.05, 3.63) is 34.1 Å². The van der Waals surface area contributed by atoms with E-state index in [1.165, 1.54) is 0 Å². The summed E-state index contributed by atoms with van der Waals surface area (Å²) in [6.45, 7) is 7.13. The first kappa shape index (κ1) is 14.2. The first-order valence-electron chi connectivity index (χ1n) is 6.45. The van der Waals surface area contributed by atoms with E-state index in [4.69, 9.17) is 4.42 Å². The smallest absolute Gasteiger partial charge is 0.248 e. The van der Waals surface area contributed by atoms with Crippen molar-refractivity contribution in [1.29, 1.82) is 0 Å². The van der Waals surface area contributed by atoms with E-state index in [2.05, 4.69) is 38.4 Å². The van der Waals surface area contributed by atoms with Crippen LogP contribution in [0, 0.1) is 6.92 Å². The third-order valence-corrected chi connectivity index (χ3v) is 3.42. The average molecular weight is 324 g/mol. The standard InChI is InChI=1S/C14H18BrN3O/c1-4-7-16-10(3)13-17-18-14(19-13)12-6-5-11(15)8-9(12)2/h5-6,8,10,16H,4,7H2,1-3H3. The van der Waals surface area contributed by atoms with Crippen LogP contribution in [0.2, 0.25) is 0 Å². The Hall–Kier alpha value is -1.20. The maximum atomic E-state index is 5.75. The average Bonchev–Trinajstić information content (AvgIpc) is 2.85. The van der Waals surface area contributed by atoms with Gasteiger partial charge in [-0.2, -0.15) is 0 Å². The Labute approximate surface area is 121 Å². The van der Waals surface area contributed by atoms with Gasteiger partial charge in [-0.15, -0.1) is 10.2 Å². The zero-order valence-electron chi connectivity index (χ0n) is 11.4. The molecule has 102 valence electrons. The van der Waals surface area contributed by atoms with Crippen LogP contribution < -0.4 is 5.32 Å². The monoisotopic (exact) mass is 323 g/mol. The number of nitrogens with zero attached hydrogens (tertiary/aromatic N) is 2. The Bertz CT molecular complexity index is 553. The number of nitrogens with one attached hydrogen (secondary N) is 1. The summed E-state index contributed by atoms with van der Waals surface area (Å²) in [6.07, 6.45) is 1.08. The molecule has 4 nitrogen and oxygen atoms in total. The van der Waals surface area contributed by atoms with Gasteiger partial charge in [0.15, 0.2) is 0 Å². The fourth-order valence-corrected chi connectivity index (χ4v) is 2.31. The van der Waals surface area contributed by atoms with E-state index in [1.807, 2.05) is 32.0 Å². The van der Waals surface area contributed by atoms with E-state index in [1.54, 1.807) is 0 Å². The number of hydrogen-bond acceptors (Lipinski definition) is 4. The van der Waals surface area contributed by atoms with E-state index in [0.717, 1.165) is 28.6 Å². The van der Waals surface area contributed by atoms with Crippen molar-refractivity contribution >= 4 is 15.9 Å². The largest absolute Gasteiger partial charge is 0.419 e. The van der Waals surface area contributed by atoms with Crippen molar-refractivity contribution in [1.82, 2.24) is 15.5 Å². The van der Waals surface area contributed by atoms with Crippen LogP contribution in [0.4, 0.5) is 0 Å². The summed E-state index contributed by atoms with van der Waals surface area (Å²) in [5, 5.41) is 11.6. The third-order valence-electron chi connectivity index (χ3n) is 2.93. The van der Waals surface area contributed by atoms with Crippen LogP contribution in [0.5, 0.6) is 0 Å². The third kappa shape index (κ3) is 3.42. The van der Waals surface area contributed by atoms with Gasteiger partial charge in [-0.05, 0) is 50.6 Å². The molecule has 0 spiro atoms. The number of halogens is 1. The molecule has 1 aromatic carbocycles. The first-order chi connectivity index (χ1) is 9.11. The molecule has 2 rings (SSSR count). The Morgan fingerprint density at radius 3 is 2.84 bits per heavy atom. The first-order valence-corrected chi connectivity index (χ1v) is 7.24. The zero-order valence-corrected chi connectivity index (χ0v) is 13.0. The molecule has 0 fully saturated rings.